The molecular weight excluding hydrogens is 457 g/mol. The Labute approximate surface area is 207 Å². The number of anilines is 1. The van der Waals surface area contributed by atoms with Gasteiger partial charge in [-0.15, -0.1) is 0 Å². The smallest absolute Gasteiger partial charge is 0.329 e. The van der Waals surface area contributed by atoms with E-state index < -0.39 is 0 Å². The van der Waals surface area contributed by atoms with Crippen molar-refractivity contribution >= 4 is 22.6 Å². The van der Waals surface area contributed by atoms with E-state index in [9.17, 15) is 14.0 Å². The Morgan fingerprint density at radius 3 is 1.94 bits per heavy atom. The molecular formula is C29H24FN3O3. The van der Waals surface area contributed by atoms with Crippen LogP contribution in [0, 0.1) is 5.82 Å². The lowest BCUT2D eigenvalue weighted by Crippen LogP contribution is -2.25. The summed E-state index contributed by atoms with van der Waals surface area (Å²) in [4.78, 5) is 26.0. The molecule has 0 bridgehead atoms. The standard InChI is InChI=1S/C29H24FN3O3/c30-23-11-14-25(15-12-23)36-20-28(34)31-24-13-16-26-27(17-24)33(19-22-9-5-2-6-10-22)29(35)32(26)18-21-7-3-1-4-8-21/h1-17H,18-20H2,(H,31,34). The molecule has 7 heteroatoms. The van der Waals surface area contributed by atoms with Gasteiger partial charge in [-0.3, -0.25) is 13.9 Å². The molecule has 0 fully saturated rings. The summed E-state index contributed by atoms with van der Waals surface area (Å²) < 4.78 is 22.0. The van der Waals surface area contributed by atoms with Crippen molar-refractivity contribution in [2.24, 2.45) is 0 Å². The maximum Gasteiger partial charge on any atom is 0.329 e. The summed E-state index contributed by atoms with van der Waals surface area (Å²) in [5.74, 6) is -0.336. The van der Waals surface area contributed by atoms with E-state index in [4.69, 9.17) is 4.74 Å². The maximum absolute atomic E-state index is 13.5. The maximum atomic E-state index is 13.5. The van der Waals surface area contributed by atoms with Gasteiger partial charge in [0.05, 0.1) is 24.1 Å². The van der Waals surface area contributed by atoms with Crippen molar-refractivity contribution in [2.75, 3.05) is 11.9 Å². The van der Waals surface area contributed by atoms with E-state index >= 15 is 0 Å². The van der Waals surface area contributed by atoms with Crippen LogP contribution in [0.5, 0.6) is 5.75 Å². The van der Waals surface area contributed by atoms with Crippen molar-refractivity contribution in [3.63, 3.8) is 0 Å². The Hall–Kier alpha value is -4.65. The number of ether oxygens (including phenoxy) is 1. The number of fused-ring (bicyclic) bond motifs is 1. The number of hydrogen-bond donors (Lipinski definition) is 1. The first-order chi connectivity index (χ1) is 17.6. The first-order valence-electron chi connectivity index (χ1n) is 11.6. The van der Waals surface area contributed by atoms with Crippen LogP contribution in [-0.4, -0.2) is 21.6 Å². The molecule has 0 radical (unpaired) electrons. The Morgan fingerprint density at radius 1 is 0.750 bits per heavy atom. The molecule has 1 heterocycles. The lowest BCUT2D eigenvalue weighted by molar-refractivity contribution is -0.118. The topological polar surface area (TPSA) is 65.3 Å². The van der Waals surface area contributed by atoms with Gasteiger partial charge in [0.1, 0.15) is 11.6 Å². The molecule has 0 atom stereocenters. The predicted molar refractivity (Wildman–Crippen MR) is 138 cm³/mol. The average Bonchev–Trinajstić information content (AvgIpc) is 3.15. The van der Waals surface area contributed by atoms with Crippen LogP contribution in [0.1, 0.15) is 11.1 Å². The third-order valence-electron chi connectivity index (χ3n) is 5.85. The van der Waals surface area contributed by atoms with E-state index in [-0.39, 0.29) is 24.0 Å². The third-order valence-corrected chi connectivity index (χ3v) is 5.85. The Balaban J connectivity index is 1.43. The fourth-order valence-corrected chi connectivity index (χ4v) is 4.11. The normalized spacial score (nSPS) is 10.9. The largest absolute Gasteiger partial charge is 0.484 e. The first-order valence-corrected chi connectivity index (χ1v) is 11.6. The van der Waals surface area contributed by atoms with E-state index in [0.717, 1.165) is 22.2 Å². The summed E-state index contributed by atoms with van der Waals surface area (Å²) in [6, 6.07) is 30.5. The number of aromatic nitrogens is 2. The van der Waals surface area contributed by atoms with Crippen LogP contribution in [0.3, 0.4) is 0 Å². The molecule has 0 saturated heterocycles. The van der Waals surface area contributed by atoms with Crippen LogP contribution in [0.4, 0.5) is 10.1 Å². The second kappa shape index (κ2) is 10.3. The minimum Gasteiger partial charge on any atom is -0.484 e. The molecule has 0 saturated carbocycles. The molecule has 5 rings (SSSR count). The van der Waals surface area contributed by atoms with Gasteiger partial charge in [0.2, 0.25) is 0 Å². The number of amides is 1. The molecule has 36 heavy (non-hydrogen) atoms. The first kappa shape index (κ1) is 23.1. The van der Waals surface area contributed by atoms with Crippen LogP contribution in [-0.2, 0) is 17.9 Å². The SMILES string of the molecule is O=C(COc1ccc(F)cc1)Nc1ccc2c(c1)n(Cc1ccccc1)c(=O)n2Cc1ccccc1. The van der Waals surface area contributed by atoms with Crippen LogP contribution in [0.25, 0.3) is 11.0 Å². The number of nitrogens with one attached hydrogen (secondary N) is 1. The van der Waals surface area contributed by atoms with Gasteiger partial charge < -0.3 is 10.1 Å². The van der Waals surface area contributed by atoms with Crippen molar-refractivity contribution in [3.8, 4) is 5.75 Å². The second-order valence-electron chi connectivity index (χ2n) is 8.42. The fraction of sp³-hybridized carbons (Fsp3) is 0.103. The highest BCUT2D eigenvalue weighted by atomic mass is 19.1. The minimum absolute atomic E-state index is 0.124. The van der Waals surface area contributed by atoms with Gasteiger partial charge >= 0.3 is 5.69 Å². The average molecular weight is 482 g/mol. The molecule has 0 aliphatic carbocycles. The molecule has 0 spiro atoms. The van der Waals surface area contributed by atoms with E-state index in [1.165, 1.54) is 24.3 Å². The summed E-state index contributed by atoms with van der Waals surface area (Å²) in [6.07, 6.45) is 0. The van der Waals surface area contributed by atoms with Crippen LogP contribution >= 0.6 is 0 Å². The molecule has 0 aliphatic heterocycles. The second-order valence-corrected chi connectivity index (χ2v) is 8.42. The fourth-order valence-electron chi connectivity index (χ4n) is 4.11. The van der Waals surface area contributed by atoms with Gasteiger partial charge in [0.25, 0.3) is 5.91 Å². The summed E-state index contributed by atoms with van der Waals surface area (Å²) >= 11 is 0. The number of nitrogens with zero attached hydrogens (tertiary/aromatic N) is 2. The highest BCUT2D eigenvalue weighted by Crippen LogP contribution is 2.21. The van der Waals surface area contributed by atoms with Crippen molar-refractivity contribution in [2.45, 2.75) is 13.1 Å². The monoisotopic (exact) mass is 481 g/mol. The molecule has 0 aliphatic rings. The minimum atomic E-state index is -0.374. The summed E-state index contributed by atoms with van der Waals surface area (Å²) in [6.45, 7) is 0.619. The molecule has 1 aromatic heterocycles. The number of benzene rings is 4. The molecule has 4 aromatic carbocycles. The van der Waals surface area contributed by atoms with Gasteiger partial charge in [-0.1, -0.05) is 60.7 Å². The Morgan fingerprint density at radius 2 is 1.33 bits per heavy atom. The lowest BCUT2D eigenvalue weighted by atomic mass is 10.2. The number of hydrogen-bond acceptors (Lipinski definition) is 3. The summed E-state index contributed by atoms with van der Waals surface area (Å²) in [5.41, 5.74) is 3.95. The highest BCUT2D eigenvalue weighted by molar-refractivity contribution is 5.94. The summed E-state index contributed by atoms with van der Waals surface area (Å²) in [7, 11) is 0. The van der Waals surface area contributed by atoms with Crippen LogP contribution in [0.15, 0.2) is 108 Å². The van der Waals surface area contributed by atoms with E-state index in [1.54, 1.807) is 21.3 Å². The van der Waals surface area contributed by atoms with Gasteiger partial charge in [-0.25, -0.2) is 9.18 Å². The van der Waals surface area contributed by atoms with E-state index in [2.05, 4.69) is 5.32 Å². The zero-order valence-electron chi connectivity index (χ0n) is 19.4. The van der Waals surface area contributed by atoms with Gasteiger partial charge in [0, 0.05) is 5.69 Å². The van der Waals surface area contributed by atoms with Crippen LogP contribution < -0.4 is 15.7 Å². The number of carbonyl (C=O) groups is 1. The lowest BCUT2D eigenvalue weighted by Gasteiger charge is -2.09. The molecule has 1 amide bonds. The Bertz CT molecular complexity index is 1540. The number of rotatable bonds is 8. The molecule has 0 unspecified atom stereocenters. The molecule has 180 valence electrons. The van der Waals surface area contributed by atoms with Gasteiger partial charge in [-0.05, 0) is 53.6 Å². The van der Waals surface area contributed by atoms with Gasteiger partial charge in [0.15, 0.2) is 6.61 Å². The zero-order chi connectivity index (χ0) is 24.9. The molecule has 1 N–H and O–H groups in total. The van der Waals surface area contributed by atoms with Crippen molar-refractivity contribution < 1.29 is 13.9 Å². The number of imidazole rings is 1. The summed E-state index contributed by atoms with van der Waals surface area (Å²) in [5, 5.41) is 2.82. The van der Waals surface area contributed by atoms with Crippen molar-refractivity contribution in [3.05, 3.63) is 131 Å². The number of halogens is 1. The predicted octanol–water partition coefficient (Wildman–Crippen LogP) is 5.06. The quantitative estimate of drug-likeness (QED) is 0.337. The van der Waals surface area contributed by atoms with Crippen molar-refractivity contribution in [1.82, 2.24) is 9.13 Å². The zero-order valence-corrected chi connectivity index (χ0v) is 19.4. The van der Waals surface area contributed by atoms with Crippen molar-refractivity contribution in [1.29, 1.82) is 0 Å². The van der Waals surface area contributed by atoms with Crippen LogP contribution in [0.2, 0.25) is 0 Å². The highest BCUT2D eigenvalue weighted by Gasteiger charge is 2.15. The Kier molecular flexibility index (Phi) is 6.62. The number of carbonyl (C=O) groups excluding carboxylic acids is 1. The molecule has 6 nitrogen and oxygen atoms in total. The van der Waals surface area contributed by atoms with E-state index in [0.29, 0.717) is 24.5 Å². The van der Waals surface area contributed by atoms with Gasteiger partial charge in [-0.2, -0.15) is 0 Å². The third kappa shape index (κ3) is 5.20. The molecule has 5 aromatic rings. The van der Waals surface area contributed by atoms with E-state index in [1.807, 2.05) is 66.7 Å².